The smallest absolute Gasteiger partial charge is 0.334 e. The van der Waals surface area contributed by atoms with Crippen molar-refractivity contribution in [3.05, 3.63) is 70.2 Å². The van der Waals surface area contributed by atoms with E-state index in [1.165, 1.54) is 17.6 Å². The third-order valence-electron chi connectivity index (χ3n) is 4.80. The molecule has 0 radical (unpaired) electrons. The Morgan fingerprint density at radius 2 is 1.70 bits per heavy atom. The Kier molecular flexibility index (Phi) is 8.09. The van der Waals surface area contributed by atoms with Crippen LogP contribution >= 0.6 is 23.4 Å². The van der Waals surface area contributed by atoms with Crippen molar-refractivity contribution >= 4 is 41.2 Å². The van der Waals surface area contributed by atoms with E-state index in [0.29, 0.717) is 23.7 Å². The normalized spacial score (nSPS) is 16.1. The molecule has 33 heavy (non-hydrogen) atoms. The summed E-state index contributed by atoms with van der Waals surface area (Å²) in [6.45, 7) is 1.38. The molecular weight excluding hydrogens is 481 g/mol. The van der Waals surface area contributed by atoms with E-state index in [1.54, 1.807) is 34.2 Å². The fourth-order valence-corrected chi connectivity index (χ4v) is 4.40. The SMILES string of the molecule is O=C(NNC(=O)C(F)(F)F)c1ccc(CNC(=O)N2CCSC(c3ccc(Cl)cc3)C2)cc1. The molecule has 1 unspecified atom stereocenters. The summed E-state index contributed by atoms with van der Waals surface area (Å²) in [7, 11) is 0. The second-order valence-electron chi connectivity index (χ2n) is 7.12. The highest BCUT2D eigenvalue weighted by Gasteiger charge is 2.39. The number of halogens is 4. The molecule has 0 bridgehead atoms. The maximum Gasteiger partial charge on any atom is 0.472 e. The summed E-state index contributed by atoms with van der Waals surface area (Å²) in [4.78, 5) is 36.9. The number of hydrogen-bond donors (Lipinski definition) is 3. The van der Waals surface area contributed by atoms with Crippen molar-refractivity contribution in [1.82, 2.24) is 21.1 Å². The van der Waals surface area contributed by atoms with E-state index in [-0.39, 0.29) is 23.4 Å². The van der Waals surface area contributed by atoms with Crippen LogP contribution in [0.25, 0.3) is 0 Å². The zero-order valence-corrected chi connectivity index (χ0v) is 18.7. The third kappa shape index (κ3) is 7.03. The van der Waals surface area contributed by atoms with Crippen molar-refractivity contribution in [2.45, 2.75) is 18.0 Å². The molecule has 1 aliphatic heterocycles. The Bertz CT molecular complexity index is 1000. The monoisotopic (exact) mass is 500 g/mol. The van der Waals surface area contributed by atoms with E-state index < -0.39 is 18.0 Å². The van der Waals surface area contributed by atoms with Crippen LogP contribution in [0.2, 0.25) is 5.02 Å². The summed E-state index contributed by atoms with van der Waals surface area (Å²) in [6, 6.07) is 13.2. The zero-order valence-electron chi connectivity index (χ0n) is 17.1. The highest BCUT2D eigenvalue weighted by molar-refractivity contribution is 7.99. The number of hydrogen-bond acceptors (Lipinski definition) is 4. The first-order valence-electron chi connectivity index (χ1n) is 9.80. The number of amides is 4. The van der Waals surface area contributed by atoms with Crippen LogP contribution in [-0.2, 0) is 11.3 Å². The topological polar surface area (TPSA) is 90.5 Å². The number of hydrazine groups is 1. The van der Waals surface area contributed by atoms with E-state index >= 15 is 0 Å². The van der Waals surface area contributed by atoms with Gasteiger partial charge in [-0.2, -0.15) is 24.9 Å². The van der Waals surface area contributed by atoms with Gasteiger partial charge in [0.25, 0.3) is 5.91 Å². The van der Waals surface area contributed by atoms with E-state index in [4.69, 9.17) is 11.6 Å². The number of nitrogens with one attached hydrogen (secondary N) is 3. The van der Waals surface area contributed by atoms with Crippen LogP contribution < -0.4 is 16.2 Å². The van der Waals surface area contributed by atoms with Crippen molar-refractivity contribution in [3.63, 3.8) is 0 Å². The van der Waals surface area contributed by atoms with Gasteiger partial charge in [-0.25, -0.2) is 4.79 Å². The van der Waals surface area contributed by atoms with Gasteiger partial charge in [0.1, 0.15) is 0 Å². The number of carbonyl (C=O) groups excluding carboxylic acids is 3. The lowest BCUT2D eigenvalue weighted by atomic mass is 10.1. The second kappa shape index (κ2) is 10.8. The Labute approximate surface area is 197 Å². The van der Waals surface area contributed by atoms with Crippen molar-refractivity contribution in [3.8, 4) is 0 Å². The third-order valence-corrected chi connectivity index (χ3v) is 6.30. The Morgan fingerprint density at radius 3 is 2.33 bits per heavy atom. The van der Waals surface area contributed by atoms with E-state index in [0.717, 1.165) is 11.3 Å². The molecule has 1 saturated heterocycles. The fourth-order valence-electron chi connectivity index (χ4n) is 3.03. The average molecular weight is 501 g/mol. The van der Waals surface area contributed by atoms with Crippen LogP contribution in [0, 0.1) is 0 Å². The Morgan fingerprint density at radius 1 is 1.03 bits per heavy atom. The Balaban J connectivity index is 1.48. The molecule has 7 nitrogen and oxygen atoms in total. The molecule has 1 aliphatic rings. The standard InChI is InChI=1S/C21H20ClF3N4O3S/c22-16-7-5-14(6-8-16)17-12-29(9-10-33-17)20(32)26-11-13-1-3-15(4-2-13)18(30)27-28-19(31)21(23,24)25/h1-8,17H,9-12H2,(H,26,32)(H,27,30)(H,28,31). The summed E-state index contributed by atoms with van der Waals surface area (Å²) in [5, 5.41) is 3.64. The number of thioether (sulfide) groups is 1. The number of alkyl halides is 3. The van der Waals surface area contributed by atoms with Crippen molar-refractivity contribution < 1.29 is 27.6 Å². The quantitative estimate of drug-likeness (QED) is 0.559. The fraction of sp³-hybridized carbons (Fsp3) is 0.286. The highest BCUT2D eigenvalue weighted by atomic mass is 35.5. The van der Waals surface area contributed by atoms with Crippen LogP contribution in [-0.4, -0.2) is 47.8 Å². The van der Waals surface area contributed by atoms with Crippen LogP contribution in [0.5, 0.6) is 0 Å². The first-order valence-corrected chi connectivity index (χ1v) is 11.2. The van der Waals surface area contributed by atoms with Gasteiger partial charge in [0.05, 0.1) is 0 Å². The van der Waals surface area contributed by atoms with Gasteiger partial charge in [-0.05, 0) is 35.4 Å². The molecule has 176 valence electrons. The maximum atomic E-state index is 12.6. The van der Waals surface area contributed by atoms with Crippen LogP contribution in [0.1, 0.15) is 26.7 Å². The highest BCUT2D eigenvalue weighted by Crippen LogP contribution is 2.33. The van der Waals surface area contributed by atoms with Crippen LogP contribution in [0.3, 0.4) is 0 Å². The van der Waals surface area contributed by atoms with Gasteiger partial charge in [0, 0.05) is 41.2 Å². The first kappa shape index (κ1) is 24.7. The van der Waals surface area contributed by atoms with Crippen molar-refractivity contribution in [1.29, 1.82) is 0 Å². The van der Waals surface area contributed by atoms with Gasteiger partial charge >= 0.3 is 18.1 Å². The number of urea groups is 1. The number of rotatable bonds is 4. The molecule has 4 amide bonds. The minimum Gasteiger partial charge on any atom is -0.334 e. The minimum absolute atomic E-state index is 0.0476. The summed E-state index contributed by atoms with van der Waals surface area (Å²) < 4.78 is 36.5. The lowest BCUT2D eigenvalue weighted by Crippen LogP contribution is -2.47. The average Bonchev–Trinajstić information content (AvgIpc) is 2.81. The lowest BCUT2D eigenvalue weighted by Gasteiger charge is -2.32. The van der Waals surface area contributed by atoms with E-state index in [1.807, 2.05) is 24.3 Å². The van der Waals surface area contributed by atoms with Gasteiger partial charge in [-0.1, -0.05) is 35.9 Å². The predicted octanol–water partition coefficient (Wildman–Crippen LogP) is 3.66. The predicted molar refractivity (Wildman–Crippen MR) is 119 cm³/mol. The van der Waals surface area contributed by atoms with Crippen LogP contribution in [0.4, 0.5) is 18.0 Å². The molecule has 2 aromatic carbocycles. The van der Waals surface area contributed by atoms with Gasteiger partial charge < -0.3 is 10.2 Å². The van der Waals surface area contributed by atoms with Gasteiger partial charge in [-0.3, -0.25) is 20.4 Å². The molecule has 0 aromatic heterocycles. The minimum atomic E-state index is -5.10. The number of nitrogens with zero attached hydrogens (tertiary/aromatic N) is 1. The molecule has 12 heteroatoms. The van der Waals surface area contributed by atoms with Gasteiger partial charge in [0.15, 0.2) is 0 Å². The van der Waals surface area contributed by atoms with Crippen molar-refractivity contribution in [2.75, 3.05) is 18.8 Å². The molecule has 2 aromatic rings. The molecular formula is C21H20ClF3N4O3S. The molecule has 1 fully saturated rings. The number of benzene rings is 2. The number of carbonyl (C=O) groups is 3. The molecule has 3 rings (SSSR count). The lowest BCUT2D eigenvalue weighted by molar-refractivity contribution is -0.174. The molecule has 0 spiro atoms. The Hall–Kier alpha value is -2.92. The van der Waals surface area contributed by atoms with Crippen LogP contribution in [0.15, 0.2) is 48.5 Å². The summed E-state index contributed by atoms with van der Waals surface area (Å²) >= 11 is 7.72. The molecule has 1 heterocycles. The van der Waals surface area contributed by atoms with Crippen molar-refractivity contribution in [2.24, 2.45) is 0 Å². The zero-order chi connectivity index (χ0) is 24.0. The summed E-state index contributed by atoms with van der Waals surface area (Å²) in [6.07, 6.45) is -5.10. The second-order valence-corrected chi connectivity index (χ2v) is 8.87. The van der Waals surface area contributed by atoms with E-state index in [9.17, 15) is 27.6 Å². The molecule has 1 atom stereocenters. The first-order chi connectivity index (χ1) is 15.6. The summed E-state index contributed by atoms with van der Waals surface area (Å²) in [5.41, 5.74) is 4.83. The summed E-state index contributed by atoms with van der Waals surface area (Å²) in [5.74, 6) is -2.37. The van der Waals surface area contributed by atoms with Gasteiger partial charge in [0.2, 0.25) is 0 Å². The largest absolute Gasteiger partial charge is 0.472 e. The molecule has 0 aliphatic carbocycles. The molecule has 0 saturated carbocycles. The van der Waals surface area contributed by atoms with Gasteiger partial charge in [-0.15, -0.1) is 0 Å². The van der Waals surface area contributed by atoms with E-state index in [2.05, 4.69) is 5.32 Å². The maximum absolute atomic E-state index is 12.6. The molecule has 3 N–H and O–H groups in total.